The molecule has 0 saturated heterocycles. The molecule has 0 spiro atoms. The molecule has 2 rings (SSSR count). The highest BCUT2D eigenvalue weighted by Gasteiger charge is 2.18. The van der Waals surface area contributed by atoms with Crippen LogP contribution in [0, 0.1) is 6.92 Å². The molecule has 0 fully saturated rings. The fourth-order valence-electron chi connectivity index (χ4n) is 1.82. The SMILES string of the molecule is CCCNC(=O)C(C)Sc1nncn1-c1ccc(C)c(Cl)c1. The number of aryl methyl sites for hydroxylation is 1. The number of halogens is 1. The third kappa shape index (κ3) is 4.01. The summed E-state index contributed by atoms with van der Waals surface area (Å²) < 4.78 is 1.83. The van der Waals surface area contributed by atoms with Crippen molar-refractivity contribution in [1.29, 1.82) is 0 Å². The van der Waals surface area contributed by atoms with Crippen LogP contribution < -0.4 is 5.32 Å². The number of aromatic nitrogens is 3. The Bertz CT molecular complexity index is 659. The van der Waals surface area contributed by atoms with Crippen molar-refractivity contribution in [3.63, 3.8) is 0 Å². The number of benzene rings is 1. The molecule has 0 saturated carbocycles. The fourth-order valence-corrected chi connectivity index (χ4v) is 2.86. The summed E-state index contributed by atoms with van der Waals surface area (Å²) in [6.45, 7) is 6.52. The molecule has 0 aliphatic rings. The van der Waals surface area contributed by atoms with Crippen LogP contribution in [0.15, 0.2) is 29.7 Å². The molecular weight excluding hydrogens is 320 g/mol. The molecule has 1 atom stereocenters. The number of amides is 1. The van der Waals surface area contributed by atoms with Gasteiger partial charge in [-0.1, -0.05) is 36.4 Å². The van der Waals surface area contributed by atoms with Crippen molar-refractivity contribution in [2.24, 2.45) is 0 Å². The van der Waals surface area contributed by atoms with Gasteiger partial charge in [0.15, 0.2) is 5.16 Å². The molecule has 0 bridgehead atoms. The van der Waals surface area contributed by atoms with E-state index in [2.05, 4.69) is 15.5 Å². The molecule has 118 valence electrons. The normalized spacial score (nSPS) is 12.2. The Morgan fingerprint density at radius 2 is 2.27 bits per heavy atom. The van der Waals surface area contributed by atoms with Gasteiger partial charge >= 0.3 is 0 Å². The first-order valence-electron chi connectivity index (χ1n) is 7.13. The monoisotopic (exact) mass is 338 g/mol. The van der Waals surface area contributed by atoms with Crippen molar-refractivity contribution in [3.05, 3.63) is 35.1 Å². The Morgan fingerprint density at radius 3 is 2.95 bits per heavy atom. The van der Waals surface area contributed by atoms with Crippen molar-refractivity contribution in [3.8, 4) is 5.69 Å². The molecule has 1 aromatic heterocycles. The van der Waals surface area contributed by atoms with Gasteiger partial charge in [-0.2, -0.15) is 0 Å². The average Bonchev–Trinajstić information content (AvgIpc) is 2.95. The average molecular weight is 339 g/mol. The van der Waals surface area contributed by atoms with E-state index in [1.165, 1.54) is 11.8 Å². The van der Waals surface area contributed by atoms with Gasteiger partial charge < -0.3 is 5.32 Å². The summed E-state index contributed by atoms with van der Waals surface area (Å²) in [7, 11) is 0. The molecule has 1 aromatic carbocycles. The van der Waals surface area contributed by atoms with Gasteiger partial charge in [0.1, 0.15) is 6.33 Å². The summed E-state index contributed by atoms with van der Waals surface area (Å²) in [5.41, 5.74) is 1.89. The Morgan fingerprint density at radius 1 is 1.50 bits per heavy atom. The number of carbonyl (C=O) groups excluding carboxylic acids is 1. The van der Waals surface area contributed by atoms with Crippen molar-refractivity contribution in [2.45, 2.75) is 37.6 Å². The maximum atomic E-state index is 12.0. The number of nitrogens with one attached hydrogen (secondary N) is 1. The molecule has 0 radical (unpaired) electrons. The van der Waals surface area contributed by atoms with Crippen LogP contribution in [0.25, 0.3) is 5.69 Å². The van der Waals surface area contributed by atoms with Crippen LogP contribution in [0.1, 0.15) is 25.8 Å². The second-order valence-electron chi connectivity index (χ2n) is 4.97. The zero-order valence-electron chi connectivity index (χ0n) is 12.8. The van der Waals surface area contributed by atoms with Crippen LogP contribution in [-0.2, 0) is 4.79 Å². The number of hydrogen-bond acceptors (Lipinski definition) is 4. The van der Waals surface area contributed by atoms with Crippen LogP contribution >= 0.6 is 23.4 Å². The van der Waals surface area contributed by atoms with Crippen LogP contribution in [0.3, 0.4) is 0 Å². The maximum Gasteiger partial charge on any atom is 0.233 e. The number of thioether (sulfide) groups is 1. The van der Waals surface area contributed by atoms with Gasteiger partial charge in [-0.05, 0) is 38.0 Å². The molecule has 1 N–H and O–H groups in total. The third-order valence-corrected chi connectivity index (χ3v) is 4.61. The van der Waals surface area contributed by atoms with E-state index < -0.39 is 0 Å². The van der Waals surface area contributed by atoms with Crippen LogP contribution in [-0.4, -0.2) is 32.5 Å². The van der Waals surface area contributed by atoms with Crippen LogP contribution in [0.2, 0.25) is 5.02 Å². The smallest absolute Gasteiger partial charge is 0.233 e. The number of hydrogen-bond donors (Lipinski definition) is 1. The van der Waals surface area contributed by atoms with E-state index in [1.54, 1.807) is 6.33 Å². The van der Waals surface area contributed by atoms with Gasteiger partial charge in [0.25, 0.3) is 0 Å². The highest BCUT2D eigenvalue weighted by atomic mass is 35.5. The van der Waals surface area contributed by atoms with Gasteiger partial charge in [0.05, 0.1) is 10.9 Å². The Hall–Kier alpha value is -1.53. The predicted octanol–water partition coefficient (Wildman–Crippen LogP) is 3.24. The fraction of sp³-hybridized carbons (Fsp3) is 0.400. The van der Waals surface area contributed by atoms with E-state index in [1.807, 2.05) is 43.5 Å². The van der Waals surface area contributed by atoms with Crippen LogP contribution in [0.4, 0.5) is 0 Å². The number of carbonyl (C=O) groups is 1. The highest BCUT2D eigenvalue weighted by Crippen LogP contribution is 2.26. The van der Waals surface area contributed by atoms with Gasteiger partial charge in [-0.3, -0.25) is 9.36 Å². The summed E-state index contributed by atoms with van der Waals surface area (Å²) in [5.74, 6) is 0.00309. The standard InChI is InChI=1S/C15H19ClN4OS/c1-4-7-17-14(21)11(3)22-15-19-18-9-20(15)12-6-5-10(2)13(16)8-12/h5-6,8-9,11H,4,7H2,1-3H3,(H,17,21). The Kier molecular flexibility index (Phi) is 5.85. The highest BCUT2D eigenvalue weighted by molar-refractivity contribution is 8.00. The van der Waals surface area contributed by atoms with Crippen molar-refractivity contribution in [1.82, 2.24) is 20.1 Å². The van der Waals surface area contributed by atoms with E-state index >= 15 is 0 Å². The minimum atomic E-state index is -0.240. The zero-order valence-corrected chi connectivity index (χ0v) is 14.4. The molecule has 22 heavy (non-hydrogen) atoms. The Labute approximate surface area is 139 Å². The minimum Gasteiger partial charge on any atom is -0.355 e. The Balaban J connectivity index is 2.15. The van der Waals surface area contributed by atoms with E-state index in [0.717, 1.165) is 17.7 Å². The number of rotatable bonds is 6. The predicted molar refractivity (Wildman–Crippen MR) is 89.7 cm³/mol. The van der Waals surface area contributed by atoms with E-state index in [9.17, 15) is 4.79 Å². The number of nitrogens with zero attached hydrogens (tertiary/aromatic N) is 3. The zero-order chi connectivity index (χ0) is 16.1. The van der Waals surface area contributed by atoms with Gasteiger partial charge in [0, 0.05) is 11.6 Å². The van der Waals surface area contributed by atoms with Gasteiger partial charge in [0.2, 0.25) is 5.91 Å². The van der Waals surface area contributed by atoms with E-state index in [-0.39, 0.29) is 11.2 Å². The van der Waals surface area contributed by atoms with E-state index in [4.69, 9.17) is 11.6 Å². The lowest BCUT2D eigenvalue weighted by molar-refractivity contribution is -0.120. The first-order valence-corrected chi connectivity index (χ1v) is 8.39. The van der Waals surface area contributed by atoms with Gasteiger partial charge in [-0.25, -0.2) is 0 Å². The van der Waals surface area contributed by atoms with Crippen molar-refractivity contribution < 1.29 is 4.79 Å². The van der Waals surface area contributed by atoms with Crippen molar-refractivity contribution in [2.75, 3.05) is 6.54 Å². The third-order valence-electron chi connectivity index (χ3n) is 3.15. The molecule has 7 heteroatoms. The summed E-state index contributed by atoms with van der Waals surface area (Å²) in [6, 6.07) is 5.77. The lowest BCUT2D eigenvalue weighted by Crippen LogP contribution is -2.31. The second-order valence-corrected chi connectivity index (χ2v) is 6.68. The summed E-state index contributed by atoms with van der Waals surface area (Å²) >= 11 is 7.55. The topological polar surface area (TPSA) is 59.8 Å². The molecule has 0 aliphatic carbocycles. The molecular formula is C15H19ClN4OS. The molecule has 1 unspecified atom stereocenters. The minimum absolute atomic E-state index is 0.00309. The van der Waals surface area contributed by atoms with Crippen LogP contribution in [0.5, 0.6) is 0 Å². The maximum absolute atomic E-state index is 12.0. The molecule has 2 aromatic rings. The van der Waals surface area contributed by atoms with Gasteiger partial charge in [-0.15, -0.1) is 10.2 Å². The molecule has 1 amide bonds. The first kappa shape index (κ1) is 16.8. The second kappa shape index (κ2) is 7.65. The largest absolute Gasteiger partial charge is 0.355 e. The van der Waals surface area contributed by atoms with E-state index in [0.29, 0.717) is 16.7 Å². The summed E-state index contributed by atoms with van der Waals surface area (Å²) in [5, 5.41) is 12.0. The molecule has 0 aliphatic heterocycles. The van der Waals surface area contributed by atoms with Crippen molar-refractivity contribution >= 4 is 29.3 Å². The first-order chi connectivity index (χ1) is 10.5. The lowest BCUT2D eigenvalue weighted by Gasteiger charge is -2.12. The quantitative estimate of drug-likeness (QED) is 0.821. The molecule has 1 heterocycles. The molecule has 5 nitrogen and oxygen atoms in total. The summed E-state index contributed by atoms with van der Waals surface area (Å²) in [6.07, 6.45) is 2.54. The lowest BCUT2D eigenvalue weighted by atomic mass is 10.2. The summed E-state index contributed by atoms with van der Waals surface area (Å²) in [4.78, 5) is 12.0.